The summed E-state index contributed by atoms with van der Waals surface area (Å²) in [4.78, 5) is 14.2. The van der Waals surface area contributed by atoms with Crippen molar-refractivity contribution in [2.24, 2.45) is 11.0 Å². The minimum atomic E-state index is -0.746. The molecule has 134 valence electrons. The predicted molar refractivity (Wildman–Crippen MR) is 98.3 cm³/mol. The number of rotatable bonds is 2. The Morgan fingerprint density at radius 3 is 2.64 bits per heavy atom. The number of benzene rings is 1. The number of amidine groups is 1. The highest BCUT2D eigenvalue weighted by Gasteiger charge is 2.24. The van der Waals surface area contributed by atoms with E-state index in [1.807, 2.05) is 17.0 Å². The number of hydrogen-bond donors (Lipinski definition) is 2. The molecule has 1 fully saturated rings. The molecule has 2 N–H and O–H groups in total. The summed E-state index contributed by atoms with van der Waals surface area (Å²) in [6.45, 7) is 1.47. The third-order valence-electron chi connectivity index (χ3n) is 4.65. The average Bonchev–Trinajstić information content (AvgIpc) is 2.61. The van der Waals surface area contributed by atoms with Gasteiger partial charge in [0.25, 0.3) is 0 Å². The lowest BCUT2D eigenvalue weighted by atomic mass is 9.90. The van der Waals surface area contributed by atoms with Gasteiger partial charge in [0, 0.05) is 25.2 Å². The molecule has 2 aliphatic heterocycles. The van der Waals surface area contributed by atoms with E-state index in [1.54, 1.807) is 19.2 Å². The number of hydrogen-bond acceptors (Lipinski definition) is 4. The van der Waals surface area contributed by atoms with Crippen molar-refractivity contribution in [3.63, 3.8) is 0 Å². The van der Waals surface area contributed by atoms with Crippen LogP contribution in [0, 0.1) is 5.92 Å². The lowest BCUT2D eigenvalue weighted by molar-refractivity contribution is 0.0629. The van der Waals surface area contributed by atoms with Gasteiger partial charge in [0.1, 0.15) is 0 Å². The molecule has 0 radical (unpaired) electrons. The van der Waals surface area contributed by atoms with Crippen LogP contribution in [0.1, 0.15) is 18.4 Å². The van der Waals surface area contributed by atoms with E-state index in [4.69, 9.17) is 11.6 Å². The molecular weight excluding hydrogens is 340 g/mol. The molecule has 1 aromatic carbocycles. The molecule has 0 aliphatic carbocycles. The lowest BCUT2D eigenvalue weighted by Gasteiger charge is -2.32. The topological polar surface area (TPSA) is 68.2 Å². The van der Waals surface area contributed by atoms with Crippen molar-refractivity contribution in [1.29, 1.82) is 0 Å². The molecule has 7 heteroatoms. The Kier molecular flexibility index (Phi) is 5.60. The van der Waals surface area contributed by atoms with E-state index in [1.165, 1.54) is 10.6 Å². The molecular formula is C18H23ClN4O2. The van der Waals surface area contributed by atoms with Gasteiger partial charge < -0.3 is 10.0 Å². The van der Waals surface area contributed by atoms with Gasteiger partial charge in [0.05, 0.1) is 0 Å². The van der Waals surface area contributed by atoms with Gasteiger partial charge in [-0.15, -0.1) is 0 Å². The highest BCUT2D eigenvalue weighted by Crippen LogP contribution is 2.22. The Morgan fingerprint density at radius 2 is 2.00 bits per heavy atom. The molecule has 3 rings (SSSR count). The quantitative estimate of drug-likeness (QED) is 0.849. The molecule has 2 aliphatic rings. The molecule has 0 aromatic heterocycles. The van der Waals surface area contributed by atoms with Crippen molar-refractivity contribution in [2.45, 2.75) is 25.5 Å². The van der Waals surface area contributed by atoms with Crippen LogP contribution in [-0.4, -0.2) is 53.2 Å². The van der Waals surface area contributed by atoms with Crippen LogP contribution in [0.15, 0.2) is 41.5 Å². The fourth-order valence-corrected chi connectivity index (χ4v) is 3.24. The van der Waals surface area contributed by atoms with Crippen LogP contribution < -0.4 is 5.32 Å². The van der Waals surface area contributed by atoms with Gasteiger partial charge in [-0.3, -0.25) is 10.3 Å². The van der Waals surface area contributed by atoms with E-state index in [0.717, 1.165) is 37.4 Å². The second kappa shape index (κ2) is 7.89. The largest absolute Gasteiger partial charge is 0.369 e. The van der Waals surface area contributed by atoms with E-state index in [-0.39, 0.29) is 6.03 Å². The zero-order chi connectivity index (χ0) is 17.8. The number of nitrogens with zero attached hydrogens (tertiary/aromatic N) is 3. The van der Waals surface area contributed by atoms with Crippen molar-refractivity contribution in [2.75, 3.05) is 20.1 Å². The van der Waals surface area contributed by atoms with Crippen LogP contribution in [0.2, 0.25) is 5.02 Å². The molecule has 25 heavy (non-hydrogen) atoms. The van der Waals surface area contributed by atoms with Crippen LogP contribution >= 0.6 is 11.6 Å². The number of piperidine rings is 1. The summed E-state index contributed by atoms with van der Waals surface area (Å²) in [5.74, 6) is 1.03. The number of aliphatic hydroxyl groups excluding tert-OH is 1. The van der Waals surface area contributed by atoms with Gasteiger partial charge in [-0.05, 0) is 55.0 Å². The monoisotopic (exact) mass is 362 g/mol. The highest BCUT2D eigenvalue weighted by molar-refractivity contribution is 6.30. The van der Waals surface area contributed by atoms with Crippen LogP contribution in [0.4, 0.5) is 4.79 Å². The number of carbonyl (C=O) groups excluding carboxylic acids is 1. The molecule has 0 spiro atoms. The molecule has 0 bridgehead atoms. The van der Waals surface area contributed by atoms with E-state index >= 15 is 0 Å². The van der Waals surface area contributed by atoms with Gasteiger partial charge in [-0.1, -0.05) is 23.7 Å². The van der Waals surface area contributed by atoms with Gasteiger partial charge >= 0.3 is 6.03 Å². The highest BCUT2D eigenvalue weighted by atomic mass is 35.5. The molecule has 6 nitrogen and oxygen atoms in total. The zero-order valence-corrected chi connectivity index (χ0v) is 15.0. The zero-order valence-electron chi connectivity index (χ0n) is 14.2. The summed E-state index contributed by atoms with van der Waals surface area (Å²) in [6, 6.07) is 7.84. The molecule has 0 saturated carbocycles. The van der Waals surface area contributed by atoms with Gasteiger partial charge in [0.2, 0.25) is 0 Å². The number of aliphatic hydroxyl groups is 1. The Morgan fingerprint density at radius 1 is 1.32 bits per heavy atom. The summed E-state index contributed by atoms with van der Waals surface area (Å²) in [7, 11) is 1.66. The number of hydrazone groups is 1. The Balaban J connectivity index is 1.47. The number of halogens is 1. The fourth-order valence-electron chi connectivity index (χ4n) is 3.11. The van der Waals surface area contributed by atoms with Crippen molar-refractivity contribution < 1.29 is 9.90 Å². The molecule has 2 amide bonds. The first kappa shape index (κ1) is 17.8. The Labute approximate surface area is 152 Å². The van der Waals surface area contributed by atoms with Gasteiger partial charge in [-0.25, -0.2) is 4.79 Å². The number of carbonyl (C=O) groups is 1. The van der Waals surface area contributed by atoms with Crippen LogP contribution in [0.25, 0.3) is 0 Å². The number of amides is 2. The van der Waals surface area contributed by atoms with Crippen molar-refractivity contribution in [3.05, 3.63) is 47.0 Å². The van der Waals surface area contributed by atoms with Gasteiger partial charge in [-0.2, -0.15) is 5.10 Å². The van der Waals surface area contributed by atoms with Crippen LogP contribution in [0.3, 0.4) is 0 Å². The summed E-state index contributed by atoms with van der Waals surface area (Å²) in [6.07, 6.45) is 5.44. The first-order valence-electron chi connectivity index (χ1n) is 8.49. The maximum Gasteiger partial charge on any atom is 0.323 e. The maximum absolute atomic E-state index is 12.4. The molecule has 1 saturated heterocycles. The molecule has 1 aromatic rings. The lowest BCUT2D eigenvalue weighted by Crippen LogP contribution is -2.47. The number of likely N-dealkylation sites (N-methyl/N-ethyl adjacent to an activating group) is 1. The third kappa shape index (κ3) is 4.74. The summed E-state index contributed by atoms with van der Waals surface area (Å²) >= 11 is 5.92. The van der Waals surface area contributed by atoms with Gasteiger partial charge in [0.15, 0.2) is 12.1 Å². The van der Waals surface area contributed by atoms with E-state index in [0.29, 0.717) is 11.8 Å². The molecule has 1 atom stereocenters. The molecule has 1 unspecified atom stereocenters. The van der Waals surface area contributed by atoms with Crippen LogP contribution in [0.5, 0.6) is 0 Å². The van der Waals surface area contributed by atoms with E-state index in [2.05, 4.69) is 22.6 Å². The Bertz CT molecular complexity index is 666. The second-order valence-electron chi connectivity index (χ2n) is 6.52. The fraction of sp³-hybridized carbons (Fsp3) is 0.444. The standard InChI is InChI=1S/C18H23ClN4O2/c1-22-17(24)7-6-16(21-22)20-18(25)23-10-8-14(9-11-23)12-13-2-4-15(19)5-3-13/h2-7,14,17,24H,8-12H2,1H3,(H,20,21,25). The maximum atomic E-state index is 12.4. The first-order valence-corrected chi connectivity index (χ1v) is 8.87. The van der Waals surface area contributed by atoms with E-state index < -0.39 is 6.23 Å². The minimum absolute atomic E-state index is 0.141. The van der Waals surface area contributed by atoms with Crippen molar-refractivity contribution in [3.8, 4) is 0 Å². The predicted octanol–water partition coefficient (Wildman–Crippen LogP) is 2.44. The van der Waals surface area contributed by atoms with E-state index in [9.17, 15) is 9.90 Å². The number of urea groups is 1. The number of likely N-dealkylation sites (tertiary alicyclic amines) is 1. The minimum Gasteiger partial charge on any atom is -0.369 e. The smallest absolute Gasteiger partial charge is 0.323 e. The SMILES string of the molecule is CN1N=C(NC(=O)N2CCC(Cc3ccc(Cl)cc3)CC2)C=CC1O. The van der Waals surface area contributed by atoms with Crippen molar-refractivity contribution in [1.82, 2.24) is 15.2 Å². The number of nitrogens with one attached hydrogen (secondary N) is 1. The van der Waals surface area contributed by atoms with Crippen LogP contribution in [-0.2, 0) is 6.42 Å². The average molecular weight is 363 g/mol. The normalized spacial score (nSPS) is 21.2. The Hall–Kier alpha value is -2.05. The third-order valence-corrected chi connectivity index (χ3v) is 4.90. The summed E-state index contributed by atoms with van der Waals surface area (Å²) in [5, 5.41) is 18.6. The summed E-state index contributed by atoms with van der Waals surface area (Å²) < 4.78 is 0. The first-order chi connectivity index (χ1) is 12.0. The molecule has 2 heterocycles. The van der Waals surface area contributed by atoms with Crippen molar-refractivity contribution >= 4 is 23.5 Å². The summed E-state index contributed by atoms with van der Waals surface area (Å²) in [5.41, 5.74) is 1.29. The second-order valence-corrected chi connectivity index (χ2v) is 6.96.